The monoisotopic (exact) mass is 458 g/mol. The summed E-state index contributed by atoms with van der Waals surface area (Å²) in [6.45, 7) is 1.78. The molecule has 1 aromatic heterocycles. The highest BCUT2D eigenvalue weighted by Gasteiger charge is 2.40. The third kappa shape index (κ3) is 6.17. The SMILES string of the molecule is FC(F)(F)C1CCN(CCc2cccc(C=NNc3nc(-c4ccccc4)cs3)c2)CC1. The van der Waals surface area contributed by atoms with Crippen molar-refractivity contribution in [3.8, 4) is 11.3 Å². The zero-order valence-electron chi connectivity index (χ0n) is 17.6. The summed E-state index contributed by atoms with van der Waals surface area (Å²) in [5.74, 6) is -1.15. The summed E-state index contributed by atoms with van der Waals surface area (Å²) in [5, 5.41) is 7.01. The molecular formula is C24H25F3N4S. The van der Waals surface area contributed by atoms with Crippen molar-refractivity contribution in [3.05, 3.63) is 71.1 Å². The molecule has 8 heteroatoms. The van der Waals surface area contributed by atoms with Gasteiger partial charge in [0.15, 0.2) is 0 Å². The van der Waals surface area contributed by atoms with Gasteiger partial charge in [-0.2, -0.15) is 18.3 Å². The number of nitrogens with zero attached hydrogens (tertiary/aromatic N) is 3. The molecule has 0 bridgehead atoms. The van der Waals surface area contributed by atoms with Crippen LogP contribution in [0, 0.1) is 5.92 Å². The van der Waals surface area contributed by atoms with E-state index < -0.39 is 12.1 Å². The van der Waals surface area contributed by atoms with Crippen LogP contribution < -0.4 is 5.43 Å². The van der Waals surface area contributed by atoms with E-state index in [0.29, 0.717) is 13.1 Å². The minimum Gasteiger partial charge on any atom is -0.303 e. The molecule has 0 atom stereocenters. The zero-order chi connectivity index (χ0) is 22.4. The van der Waals surface area contributed by atoms with Gasteiger partial charge in [-0.3, -0.25) is 5.43 Å². The highest BCUT2D eigenvalue weighted by molar-refractivity contribution is 7.14. The van der Waals surface area contributed by atoms with E-state index in [9.17, 15) is 13.2 Å². The number of aromatic nitrogens is 1. The molecule has 1 saturated heterocycles. The number of rotatable bonds is 7. The number of piperidine rings is 1. The van der Waals surface area contributed by atoms with Gasteiger partial charge < -0.3 is 4.90 Å². The molecule has 1 fully saturated rings. The molecule has 0 unspecified atom stereocenters. The molecule has 1 N–H and O–H groups in total. The Hall–Kier alpha value is -2.71. The van der Waals surface area contributed by atoms with E-state index >= 15 is 0 Å². The molecule has 4 rings (SSSR count). The number of thiazole rings is 1. The lowest BCUT2D eigenvalue weighted by atomic mass is 9.96. The Kier molecular flexibility index (Phi) is 7.22. The largest absolute Gasteiger partial charge is 0.391 e. The molecular weight excluding hydrogens is 433 g/mol. The second-order valence-corrected chi connectivity index (χ2v) is 8.78. The lowest BCUT2D eigenvalue weighted by Crippen LogP contribution is -2.39. The van der Waals surface area contributed by atoms with Gasteiger partial charge in [-0.05, 0) is 43.5 Å². The fraction of sp³-hybridized carbons (Fsp3) is 0.333. The molecule has 168 valence electrons. The molecule has 1 aliphatic heterocycles. The standard InChI is InChI=1S/C24H25F3N4S/c25-24(26,27)21-10-13-31(14-11-21)12-9-18-5-4-6-19(15-18)16-28-30-23-29-22(17-32-23)20-7-2-1-3-8-20/h1-8,15-17,21H,9-14H2,(H,29,30). The Labute approximate surface area is 189 Å². The second-order valence-electron chi connectivity index (χ2n) is 7.93. The van der Waals surface area contributed by atoms with E-state index in [-0.39, 0.29) is 12.8 Å². The average molecular weight is 459 g/mol. The minimum atomic E-state index is -4.06. The van der Waals surface area contributed by atoms with E-state index in [1.54, 1.807) is 6.21 Å². The van der Waals surface area contributed by atoms with E-state index in [1.165, 1.54) is 11.3 Å². The molecule has 1 aliphatic rings. The van der Waals surface area contributed by atoms with Gasteiger partial charge in [-0.1, -0.05) is 54.6 Å². The summed E-state index contributed by atoms with van der Waals surface area (Å²) in [4.78, 5) is 6.67. The molecule has 3 aromatic rings. The average Bonchev–Trinajstić information content (AvgIpc) is 3.27. The maximum Gasteiger partial charge on any atom is 0.391 e. The van der Waals surface area contributed by atoms with Crippen molar-refractivity contribution in [1.82, 2.24) is 9.88 Å². The van der Waals surface area contributed by atoms with Gasteiger partial charge in [-0.25, -0.2) is 4.98 Å². The van der Waals surface area contributed by atoms with Crippen LogP contribution in [0.3, 0.4) is 0 Å². The molecule has 32 heavy (non-hydrogen) atoms. The van der Waals surface area contributed by atoms with Crippen molar-refractivity contribution in [2.45, 2.75) is 25.4 Å². The van der Waals surface area contributed by atoms with Crippen molar-refractivity contribution < 1.29 is 13.2 Å². The number of anilines is 1. The molecule has 2 aromatic carbocycles. The van der Waals surface area contributed by atoms with Crippen LogP contribution >= 0.6 is 11.3 Å². The maximum atomic E-state index is 12.8. The van der Waals surface area contributed by atoms with Gasteiger partial charge in [0.2, 0.25) is 5.13 Å². The Bertz CT molecular complexity index is 1020. The summed E-state index contributed by atoms with van der Waals surface area (Å²) in [6, 6.07) is 18.0. The van der Waals surface area contributed by atoms with Crippen molar-refractivity contribution in [1.29, 1.82) is 0 Å². The normalized spacial score (nSPS) is 16.0. The van der Waals surface area contributed by atoms with Crippen molar-refractivity contribution >= 4 is 22.7 Å². The number of hydrazone groups is 1. The number of hydrogen-bond donors (Lipinski definition) is 1. The number of benzene rings is 2. The lowest BCUT2D eigenvalue weighted by Gasteiger charge is -2.32. The van der Waals surface area contributed by atoms with Crippen molar-refractivity contribution in [2.75, 3.05) is 25.1 Å². The fourth-order valence-electron chi connectivity index (χ4n) is 3.83. The van der Waals surface area contributed by atoms with Gasteiger partial charge >= 0.3 is 6.18 Å². The van der Waals surface area contributed by atoms with E-state index in [1.807, 2.05) is 53.9 Å². The van der Waals surface area contributed by atoms with Crippen molar-refractivity contribution in [3.63, 3.8) is 0 Å². The highest BCUT2D eigenvalue weighted by atomic mass is 32.1. The Balaban J connectivity index is 1.26. The van der Waals surface area contributed by atoms with Crippen LogP contribution in [-0.4, -0.2) is 41.9 Å². The van der Waals surface area contributed by atoms with E-state index in [0.717, 1.165) is 40.5 Å². The van der Waals surface area contributed by atoms with Gasteiger partial charge in [0.05, 0.1) is 17.8 Å². The summed E-state index contributed by atoms with van der Waals surface area (Å²) < 4.78 is 38.4. The minimum absolute atomic E-state index is 0.199. The van der Waals surface area contributed by atoms with Crippen LogP contribution in [0.5, 0.6) is 0 Å². The molecule has 0 spiro atoms. The van der Waals surface area contributed by atoms with E-state index in [2.05, 4.69) is 26.5 Å². The molecule has 0 radical (unpaired) electrons. The number of alkyl halides is 3. The van der Waals surface area contributed by atoms with Crippen LogP contribution in [0.25, 0.3) is 11.3 Å². The fourth-order valence-corrected chi connectivity index (χ4v) is 4.50. The first-order valence-electron chi connectivity index (χ1n) is 10.7. The molecule has 2 heterocycles. The van der Waals surface area contributed by atoms with Crippen LogP contribution in [0.4, 0.5) is 18.3 Å². The van der Waals surface area contributed by atoms with Gasteiger partial charge in [-0.15, -0.1) is 11.3 Å². The summed E-state index contributed by atoms with van der Waals surface area (Å²) in [7, 11) is 0. The molecule has 0 saturated carbocycles. The molecule has 0 amide bonds. The topological polar surface area (TPSA) is 40.5 Å². The Morgan fingerprint density at radius 2 is 1.88 bits per heavy atom. The zero-order valence-corrected chi connectivity index (χ0v) is 18.4. The molecule has 0 aliphatic carbocycles. The van der Waals surface area contributed by atoms with Gasteiger partial charge in [0.25, 0.3) is 0 Å². The second kappa shape index (κ2) is 10.3. The maximum absolute atomic E-state index is 12.8. The highest BCUT2D eigenvalue weighted by Crippen LogP contribution is 2.34. The molecule has 4 nitrogen and oxygen atoms in total. The van der Waals surface area contributed by atoms with Gasteiger partial charge in [0, 0.05) is 17.5 Å². The summed E-state index contributed by atoms with van der Waals surface area (Å²) >= 11 is 1.50. The number of nitrogens with one attached hydrogen (secondary N) is 1. The Morgan fingerprint density at radius 1 is 1.09 bits per heavy atom. The summed E-state index contributed by atoms with van der Waals surface area (Å²) in [6.07, 6.45) is -1.11. The predicted octanol–water partition coefficient (Wildman–Crippen LogP) is 6.07. The first kappa shape index (κ1) is 22.5. The number of halogens is 3. The van der Waals surface area contributed by atoms with Crippen LogP contribution in [0.2, 0.25) is 0 Å². The van der Waals surface area contributed by atoms with Crippen molar-refractivity contribution in [2.24, 2.45) is 11.0 Å². The Morgan fingerprint density at radius 3 is 2.62 bits per heavy atom. The van der Waals surface area contributed by atoms with E-state index in [4.69, 9.17) is 0 Å². The van der Waals surface area contributed by atoms with Gasteiger partial charge in [0.1, 0.15) is 0 Å². The number of likely N-dealkylation sites (tertiary alicyclic amines) is 1. The quantitative estimate of drug-likeness (QED) is 0.345. The third-order valence-electron chi connectivity index (χ3n) is 5.67. The first-order valence-corrected chi connectivity index (χ1v) is 11.5. The van der Waals surface area contributed by atoms with Crippen LogP contribution in [-0.2, 0) is 6.42 Å². The number of hydrogen-bond acceptors (Lipinski definition) is 5. The first-order chi connectivity index (χ1) is 15.5. The lowest BCUT2D eigenvalue weighted by molar-refractivity contribution is -0.185. The van der Waals surface area contributed by atoms with Crippen LogP contribution in [0.15, 0.2) is 65.1 Å². The summed E-state index contributed by atoms with van der Waals surface area (Å²) in [5.41, 5.74) is 7.07. The van der Waals surface area contributed by atoms with Crippen LogP contribution in [0.1, 0.15) is 24.0 Å². The third-order valence-corrected chi connectivity index (χ3v) is 6.41. The smallest absolute Gasteiger partial charge is 0.303 e. The predicted molar refractivity (Wildman–Crippen MR) is 124 cm³/mol.